The summed E-state index contributed by atoms with van der Waals surface area (Å²) in [4.78, 5) is 3.47. The van der Waals surface area contributed by atoms with Crippen LogP contribution in [0.25, 0.3) is 12.2 Å². The van der Waals surface area contributed by atoms with E-state index in [-0.39, 0.29) is 5.75 Å². The molecule has 1 heterocycles. The molecular weight excluding hydrogens is 204 g/mol. The van der Waals surface area contributed by atoms with E-state index in [9.17, 15) is 4.39 Å². The molecule has 2 rings (SSSR count). The smallest absolute Gasteiger partial charge is 0.213 e. The summed E-state index contributed by atoms with van der Waals surface area (Å²) >= 11 is 0. The lowest BCUT2D eigenvalue weighted by Gasteiger charge is -1.95. The zero-order valence-corrected chi connectivity index (χ0v) is 8.47. The van der Waals surface area contributed by atoms with Crippen LogP contribution in [0.4, 0.5) is 4.39 Å². The van der Waals surface area contributed by atoms with Gasteiger partial charge in [-0.25, -0.2) is 4.98 Å². The summed E-state index contributed by atoms with van der Waals surface area (Å²) in [5.41, 5.74) is 1.69. The van der Waals surface area contributed by atoms with Crippen LogP contribution >= 0.6 is 0 Å². The third kappa shape index (κ3) is 2.67. The summed E-state index contributed by atoms with van der Waals surface area (Å²) in [5.74, 6) is -0.264. The second kappa shape index (κ2) is 4.57. The van der Waals surface area contributed by atoms with Gasteiger partial charge in [-0.15, -0.1) is 0 Å². The average molecular weight is 214 g/mol. The molecule has 0 unspecified atom stereocenters. The molecule has 0 atom stereocenters. The first kappa shape index (κ1) is 10.4. The van der Waals surface area contributed by atoms with Crippen LogP contribution in [0.2, 0.25) is 0 Å². The van der Waals surface area contributed by atoms with Gasteiger partial charge in [0, 0.05) is 12.3 Å². The molecule has 0 bridgehead atoms. The third-order valence-electron chi connectivity index (χ3n) is 2.11. The van der Waals surface area contributed by atoms with Crippen molar-refractivity contribution in [1.82, 2.24) is 4.98 Å². The average Bonchev–Trinajstić information content (AvgIpc) is 2.28. The monoisotopic (exact) mass is 214 g/mol. The van der Waals surface area contributed by atoms with E-state index in [2.05, 4.69) is 4.98 Å². The van der Waals surface area contributed by atoms with E-state index in [1.54, 1.807) is 36.4 Å². The summed E-state index contributed by atoms with van der Waals surface area (Å²) in [7, 11) is 0. The van der Waals surface area contributed by atoms with Crippen molar-refractivity contribution in [2.75, 3.05) is 0 Å². The molecule has 0 saturated carbocycles. The fourth-order valence-corrected chi connectivity index (χ4v) is 1.30. The van der Waals surface area contributed by atoms with Gasteiger partial charge in [0.25, 0.3) is 0 Å². The van der Waals surface area contributed by atoms with Crippen LogP contribution in [0, 0.1) is 5.95 Å². The van der Waals surface area contributed by atoms with Crippen molar-refractivity contribution < 1.29 is 9.50 Å². The minimum absolute atomic E-state index is 0.229. The Bertz CT molecular complexity index is 506. The van der Waals surface area contributed by atoms with Gasteiger partial charge < -0.3 is 5.11 Å². The second-order valence-electron chi connectivity index (χ2n) is 3.34. The highest BCUT2D eigenvalue weighted by Crippen LogP contribution is 2.12. The van der Waals surface area contributed by atoms with Gasteiger partial charge in [0.05, 0.1) is 0 Å². The molecule has 0 spiro atoms. The van der Waals surface area contributed by atoms with E-state index >= 15 is 0 Å². The van der Waals surface area contributed by atoms with Gasteiger partial charge >= 0.3 is 0 Å². The lowest BCUT2D eigenvalue weighted by molar-refractivity contribution is 0.475. The van der Waals surface area contributed by atoms with Crippen molar-refractivity contribution in [1.29, 1.82) is 0 Å². The quantitative estimate of drug-likeness (QED) is 0.779. The molecule has 0 aliphatic rings. The van der Waals surface area contributed by atoms with Gasteiger partial charge in [-0.05, 0) is 29.3 Å². The molecule has 0 radical (unpaired) electrons. The number of phenolic OH excluding ortho intramolecular Hbond substituents is 1. The highest BCUT2D eigenvalue weighted by molar-refractivity contribution is 5.69. The zero-order chi connectivity index (χ0) is 11.4. The second-order valence-corrected chi connectivity index (χ2v) is 3.34. The molecule has 1 N–H and O–H groups in total. The Balaban J connectivity index is 2.18. The Morgan fingerprint density at radius 2 is 1.69 bits per heavy atom. The maximum absolute atomic E-state index is 12.8. The van der Waals surface area contributed by atoms with Gasteiger partial charge in [0.2, 0.25) is 5.95 Å². The van der Waals surface area contributed by atoms with Gasteiger partial charge in [-0.1, -0.05) is 24.3 Å². The van der Waals surface area contributed by atoms with Gasteiger partial charge in [0.15, 0.2) is 0 Å². The lowest BCUT2D eigenvalue weighted by atomic mass is 10.1. The van der Waals surface area contributed by atoms with Crippen molar-refractivity contribution in [2.45, 2.75) is 0 Å². The Hall–Kier alpha value is -2.16. The predicted molar refractivity (Wildman–Crippen MR) is 61.2 cm³/mol. The maximum Gasteiger partial charge on any atom is 0.213 e. The zero-order valence-electron chi connectivity index (χ0n) is 8.47. The third-order valence-corrected chi connectivity index (χ3v) is 2.11. The van der Waals surface area contributed by atoms with Crippen molar-refractivity contribution in [2.24, 2.45) is 0 Å². The Morgan fingerprint density at radius 1 is 1.00 bits per heavy atom. The summed E-state index contributed by atoms with van der Waals surface area (Å²) in [5, 5.41) is 9.10. The van der Waals surface area contributed by atoms with Crippen LogP contribution in [0.1, 0.15) is 11.1 Å². The number of nitrogens with zero attached hydrogens (tertiary/aromatic N) is 1. The first-order chi connectivity index (χ1) is 7.74. The molecule has 0 aliphatic carbocycles. The van der Waals surface area contributed by atoms with E-state index < -0.39 is 5.95 Å². The van der Waals surface area contributed by atoms with Gasteiger partial charge in [0.1, 0.15) is 5.75 Å². The molecule has 16 heavy (non-hydrogen) atoms. The number of halogens is 1. The van der Waals surface area contributed by atoms with E-state index in [1.807, 2.05) is 6.08 Å². The van der Waals surface area contributed by atoms with Crippen LogP contribution in [0.15, 0.2) is 42.6 Å². The number of benzene rings is 1. The minimum Gasteiger partial charge on any atom is -0.508 e. The highest BCUT2D eigenvalue weighted by Gasteiger charge is 1.92. The maximum atomic E-state index is 12.8. The van der Waals surface area contributed by atoms with E-state index in [4.69, 9.17) is 5.11 Å². The molecule has 0 fully saturated rings. The molecule has 2 nitrogen and oxygen atoms in total. The largest absolute Gasteiger partial charge is 0.508 e. The predicted octanol–water partition coefficient (Wildman–Crippen LogP) is 3.10. The summed E-state index contributed by atoms with van der Waals surface area (Å²) in [6.45, 7) is 0. The summed E-state index contributed by atoms with van der Waals surface area (Å²) in [6.07, 6.45) is 5.05. The van der Waals surface area contributed by atoms with E-state index in [1.165, 1.54) is 12.3 Å². The highest BCUT2D eigenvalue weighted by atomic mass is 18.2. The van der Waals surface area contributed by atoms with Crippen molar-refractivity contribution in [3.8, 4) is 5.75 Å². The van der Waals surface area contributed by atoms with E-state index in [0.29, 0.717) is 0 Å². The minimum atomic E-state index is -0.493. The van der Waals surface area contributed by atoms with Crippen molar-refractivity contribution in [3.63, 3.8) is 0 Å². The van der Waals surface area contributed by atoms with E-state index in [0.717, 1.165) is 11.1 Å². The standard InChI is InChI=1S/C13H10FNO/c14-13-9-11(7-8-15-13)2-1-10-3-5-12(16)6-4-10/h1-9,16H/b2-1+/i14-1. The molecule has 1 aromatic heterocycles. The number of pyridine rings is 1. The molecule has 80 valence electrons. The molecule has 1 aromatic carbocycles. The van der Waals surface area contributed by atoms with Crippen molar-refractivity contribution >= 4 is 12.2 Å². The number of aromatic nitrogens is 1. The number of hydrogen-bond acceptors (Lipinski definition) is 2. The number of hydrogen-bond donors (Lipinski definition) is 1. The fraction of sp³-hybridized carbons (Fsp3) is 0. The SMILES string of the molecule is Oc1ccc(/C=C/c2ccnc([18F])c2)cc1. The number of phenols is 1. The molecule has 0 saturated heterocycles. The molecule has 0 amide bonds. The van der Waals surface area contributed by atoms with Crippen LogP contribution in [0.3, 0.4) is 0 Å². The molecular formula is C13H10FNO. The Morgan fingerprint density at radius 3 is 2.38 bits per heavy atom. The number of rotatable bonds is 2. The normalized spacial score (nSPS) is 10.8. The number of aromatic hydroxyl groups is 1. The summed E-state index contributed by atoms with van der Waals surface area (Å²) in [6, 6.07) is 9.85. The lowest BCUT2D eigenvalue weighted by Crippen LogP contribution is -1.81. The van der Waals surface area contributed by atoms with Crippen LogP contribution in [0.5, 0.6) is 5.75 Å². The summed E-state index contributed by atoms with van der Waals surface area (Å²) < 4.78 is 12.8. The van der Waals surface area contributed by atoms with Crippen LogP contribution in [-0.4, -0.2) is 10.1 Å². The van der Waals surface area contributed by atoms with Crippen LogP contribution in [-0.2, 0) is 0 Å². The van der Waals surface area contributed by atoms with Crippen molar-refractivity contribution in [3.05, 3.63) is 59.7 Å². The molecule has 2 aromatic rings. The first-order valence-electron chi connectivity index (χ1n) is 4.83. The van der Waals surface area contributed by atoms with Gasteiger partial charge in [-0.2, -0.15) is 4.39 Å². The molecule has 3 heteroatoms. The molecule has 0 aliphatic heterocycles. The van der Waals surface area contributed by atoms with Gasteiger partial charge in [-0.3, -0.25) is 0 Å². The first-order valence-corrected chi connectivity index (χ1v) is 4.83. The Kier molecular flexibility index (Phi) is 2.96. The topological polar surface area (TPSA) is 33.1 Å². The fourth-order valence-electron chi connectivity index (χ4n) is 1.30. The van der Waals surface area contributed by atoms with Crippen LogP contribution < -0.4 is 0 Å². The Labute approximate surface area is 92.7 Å².